The first-order valence-electron chi connectivity index (χ1n) is 12.2. The Hall–Kier alpha value is -0.860. The van der Waals surface area contributed by atoms with Crippen LogP contribution in [0.5, 0.6) is 0 Å². The van der Waals surface area contributed by atoms with Crippen molar-refractivity contribution in [3.05, 3.63) is 56.6 Å². The van der Waals surface area contributed by atoms with Crippen LogP contribution in [0, 0.1) is 0 Å². The fourth-order valence-corrected chi connectivity index (χ4v) is 8.19. The molecule has 0 saturated heterocycles. The highest BCUT2D eigenvalue weighted by molar-refractivity contribution is 8.76. The molecule has 0 aliphatic heterocycles. The van der Waals surface area contributed by atoms with Crippen molar-refractivity contribution in [1.29, 1.82) is 0 Å². The summed E-state index contributed by atoms with van der Waals surface area (Å²) in [6.45, 7) is 18.6. The largest absolute Gasteiger partial charge is 0.0613 e. The van der Waals surface area contributed by atoms with Gasteiger partial charge < -0.3 is 0 Å². The van der Waals surface area contributed by atoms with Crippen LogP contribution in [0.2, 0.25) is 0 Å². The van der Waals surface area contributed by atoms with Gasteiger partial charge in [0.15, 0.2) is 0 Å². The highest BCUT2D eigenvalue weighted by Gasteiger charge is 2.19. The molecule has 0 bridgehead atoms. The molecule has 0 atom stereocenters. The fourth-order valence-electron chi connectivity index (χ4n) is 4.81. The van der Waals surface area contributed by atoms with Crippen molar-refractivity contribution < 1.29 is 0 Å². The third-order valence-electron chi connectivity index (χ3n) is 6.49. The number of aryl methyl sites for hydroxylation is 4. The van der Waals surface area contributed by atoms with E-state index >= 15 is 0 Å². The molecule has 0 nitrogen and oxygen atoms in total. The molecule has 0 aliphatic rings. The van der Waals surface area contributed by atoms with Crippen LogP contribution in [0.25, 0.3) is 0 Å². The zero-order valence-electron chi connectivity index (χ0n) is 20.6. The zero-order valence-corrected chi connectivity index (χ0v) is 22.3. The molecule has 2 heteroatoms. The Morgan fingerprint density at radius 1 is 0.400 bits per heavy atom. The van der Waals surface area contributed by atoms with Crippen molar-refractivity contribution in [2.45, 2.75) is 117 Å². The average Bonchev–Trinajstić information content (AvgIpc) is 2.79. The lowest BCUT2D eigenvalue weighted by atomic mass is 9.93. The van der Waals surface area contributed by atoms with Gasteiger partial charge >= 0.3 is 0 Å². The second-order valence-corrected chi connectivity index (χ2v) is 10.1. The first-order chi connectivity index (χ1) is 14.5. The van der Waals surface area contributed by atoms with Crippen LogP contribution >= 0.6 is 21.6 Å². The van der Waals surface area contributed by atoms with E-state index in [2.05, 4.69) is 67.5 Å². The topological polar surface area (TPSA) is 0 Å². The van der Waals surface area contributed by atoms with E-state index < -0.39 is 0 Å². The number of rotatable bonds is 11. The van der Waals surface area contributed by atoms with E-state index in [-0.39, 0.29) is 0 Å². The highest BCUT2D eigenvalue weighted by atomic mass is 33.1. The monoisotopic (exact) mass is 442 g/mol. The maximum Gasteiger partial charge on any atom is 0.0255 e. The van der Waals surface area contributed by atoms with Gasteiger partial charge in [0.2, 0.25) is 0 Å². The molecule has 0 aromatic heterocycles. The molecule has 0 fully saturated rings. The molecular weight excluding hydrogens is 400 g/mol. The Kier molecular flexibility index (Phi) is 10.4. The Balaban J connectivity index is 2.63. The summed E-state index contributed by atoms with van der Waals surface area (Å²) in [7, 11) is 4.10. The van der Waals surface area contributed by atoms with Crippen molar-refractivity contribution in [2.24, 2.45) is 0 Å². The van der Waals surface area contributed by atoms with Crippen LogP contribution in [-0.2, 0) is 51.4 Å². The quantitative estimate of drug-likeness (QED) is 0.318. The van der Waals surface area contributed by atoms with E-state index in [4.69, 9.17) is 0 Å². The van der Waals surface area contributed by atoms with Gasteiger partial charge in [-0.25, -0.2) is 0 Å². The standard InChI is InChI=1S/C28H42S2/c1-9-19-17-20(10-2)24(14-6)27(23(19)13-5)29-30-28-25(15-7)21(11-3)18-22(12-4)26(28)16-8/h17-18H,9-16H2,1-8H3. The molecule has 0 spiro atoms. The lowest BCUT2D eigenvalue weighted by Gasteiger charge is -2.23. The van der Waals surface area contributed by atoms with Crippen molar-refractivity contribution in [3.63, 3.8) is 0 Å². The third kappa shape index (κ3) is 5.13. The minimum Gasteiger partial charge on any atom is -0.0613 e. The summed E-state index contributed by atoms with van der Waals surface area (Å²) in [6.07, 6.45) is 9.01. The minimum atomic E-state index is 1.12. The molecule has 2 rings (SSSR count). The smallest absolute Gasteiger partial charge is 0.0255 e. The molecule has 0 saturated carbocycles. The number of hydrogen-bond acceptors (Lipinski definition) is 2. The zero-order chi connectivity index (χ0) is 22.3. The molecule has 2 aromatic carbocycles. The molecule has 0 heterocycles. The van der Waals surface area contributed by atoms with Gasteiger partial charge in [-0.3, -0.25) is 0 Å². The van der Waals surface area contributed by atoms with Crippen LogP contribution in [0.3, 0.4) is 0 Å². The van der Waals surface area contributed by atoms with E-state index in [1.165, 1.54) is 0 Å². The number of benzene rings is 2. The van der Waals surface area contributed by atoms with Gasteiger partial charge in [0, 0.05) is 9.79 Å². The summed E-state index contributed by atoms with van der Waals surface area (Å²) >= 11 is 0. The molecule has 2 aromatic rings. The van der Waals surface area contributed by atoms with E-state index in [1.54, 1.807) is 54.3 Å². The summed E-state index contributed by atoms with van der Waals surface area (Å²) in [5, 5.41) is 0. The Morgan fingerprint density at radius 2 is 0.633 bits per heavy atom. The highest BCUT2D eigenvalue weighted by Crippen LogP contribution is 2.47. The SMILES string of the molecule is CCc1cc(CC)c(CC)c(SSc2c(CC)c(CC)cc(CC)c2CC)c1CC. The van der Waals surface area contributed by atoms with Gasteiger partial charge in [-0.2, -0.15) is 0 Å². The minimum absolute atomic E-state index is 1.12. The summed E-state index contributed by atoms with van der Waals surface area (Å²) in [6, 6.07) is 4.99. The molecule has 0 N–H and O–H groups in total. The van der Waals surface area contributed by atoms with Gasteiger partial charge in [-0.1, -0.05) is 89.1 Å². The molecule has 0 aliphatic carbocycles. The summed E-state index contributed by atoms with van der Waals surface area (Å²) in [5.41, 5.74) is 12.6. The van der Waals surface area contributed by atoms with E-state index in [1.807, 2.05) is 21.6 Å². The summed E-state index contributed by atoms with van der Waals surface area (Å²) in [4.78, 5) is 3.12. The molecule has 30 heavy (non-hydrogen) atoms. The van der Waals surface area contributed by atoms with E-state index in [9.17, 15) is 0 Å². The van der Waals surface area contributed by atoms with Crippen LogP contribution in [0.15, 0.2) is 21.9 Å². The van der Waals surface area contributed by atoms with Crippen molar-refractivity contribution in [1.82, 2.24) is 0 Å². The van der Waals surface area contributed by atoms with Gasteiger partial charge in [0.1, 0.15) is 0 Å². The lowest BCUT2D eigenvalue weighted by Crippen LogP contribution is -2.04. The van der Waals surface area contributed by atoms with Crippen LogP contribution in [0.4, 0.5) is 0 Å². The second kappa shape index (κ2) is 12.2. The molecule has 0 amide bonds. The van der Waals surface area contributed by atoms with Gasteiger partial charge in [0.25, 0.3) is 0 Å². The predicted molar refractivity (Wildman–Crippen MR) is 140 cm³/mol. The summed E-state index contributed by atoms with van der Waals surface area (Å²) in [5.74, 6) is 0. The fraction of sp³-hybridized carbons (Fsp3) is 0.571. The molecular formula is C28H42S2. The van der Waals surface area contributed by atoms with Crippen LogP contribution in [-0.4, -0.2) is 0 Å². The molecule has 0 unspecified atom stereocenters. The third-order valence-corrected chi connectivity index (χ3v) is 9.14. The Bertz CT molecular complexity index is 717. The van der Waals surface area contributed by atoms with Gasteiger partial charge in [-0.05, 0) is 95.9 Å². The average molecular weight is 443 g/mol. The molecule has 0 radical (unpaired) electrons. The van der Waals surface area contributed by atoms with Crippen molar-refractivity contribution in [3.8, 4) is 0 Å². The Labute approximate surface area is 194 Å². The number of hydrogen-bond donors (Lipinski definition) is 0. The maximum atomic E-state index is 2.49. The first-order valence-corrected chi connectivity index (χ1v) is 14.4. The van der Waals surface area contributed by atoms with Crippen LogP contribution in [0.1, 0.15) is 99.9 Å². The van der Waals surface area contributed by atoms with Crippen molar-refractivity contribution >= 4 is 21.6 Å². The lowest BCUT2D eigenvalue weighted by molar-refractivity contribution is 0.919. The van der Waals surface area contributed by atoms with Gasteiger partial charge in [0.05, 0.1) is 0 Å². The molecule has 166 valence electrons. The van der Waals surface area contributed by atoms with E-state index in [0.29, 0.717) is 0 Å². The van der Waals surface area contributed by atoms with Gasteiger partial charge in [-0.15, -0.1) is 0 Å². The predicted octanol–water partition coefficient (Wildman–Crippen LogP) is 8.99. The Morgan fingerprint density at radius 3 is 0.800 bits per heavy atom. The normalized spacial score (nSPS) is 11.3. The summed E-state index contributed by atoms with van der Waals surface area (Å²) < 4.78 is 0. The first kappa shape index (κ1) is 25.4. The maximum absolute atomic E-state index is 2.49. The van der Waals surface area contributed by atoms with Crippen LogP contribution < -0.4 is 0 Å². The van der Waals surface area contributed by atoms with E-state index in [0.717, 1.165) is 51.4 Å². The van der Waals surface area contributed by atoms with Crippen molar-refractivity contribution in [2.75, 3.05) is 0 Å². The second-order valence-electron chi connectivity index (χ2n) is 7.96.